The second-order valence-corrected chi connectivity index (χ2v) is 7.00. The van der Waals surface area contributed by atoms with Crippen molar-refractivity contribution in [1.29, 1.82) is 0 Å². The van der Waals surface area contributed by atoms with Gasteiger partial charge in [0.25, 0.3) is 0 Å². The number of methoxy groups -OCH3 is 1. The highest BCUT2D eigenvalue weighted by molar-refractivity contribution is 6.62. The van der Waals surface area contributed by atoms with Crippen molar-refractivity contribution < 1.29 is 14.0 Å². The molecule has 5 heteroatoms. The van der Waals surface area contributed by atoms with E-state index in [1.54, 1.807) is 7.11 Å². The van der Waals surface area contributed by atoms with Crippen LogP contribution in [0.5, 0.6) is 0 Å². The van der Waals surface area contributed by atoms with E-state index >= 15 is 0 Å². The van der Waals surface area contributed by atoms with E-state index in [2.05, 4.69) is 47.5 Å². The Kier molecular flexibility index (Phi) is 4.08. The normalized spacial score (nSPS) is 21.9. The summed E-state index contributed by atoms with van der Waals surface area (Å²) < 4.78 is 18.2. The van der Waals surface area contributed by atoms with Gasteiger partial charge in [0.2, 0.25) is 0 Å². The number of hydrogen-bond acceptors (Lipinski definition) is 4. The molecule has 2 aliphatic rings. The van der Waals surface area contributed by atoms with Gasteiger partial charge in [0, 0.05) is 24.3 Å². The first-order valence-corrected chi connectivity index (χ1v) is 9.24. The first kappa shape index (κ1) is 16.7. The Morgan fingerprint density at radius 3 is 2.85 bits per heavy atom. The maximum Gasteiger partial charge on any atom is 0.495 e. The van der Waals surface area contributed by atoms with Crippen LogP contribution in [0.1, 0.15) is 35.8 Å². The SMILES string of the molecule is CO[C@H](C)c1ccccc1B1O[C@@H]2C=Cc3c(ccc4cccnc34)[C@@H]2O1. The first-order chi connectivity index (χ1) is 13.3. The fraction of sp³-hybridized carbons (Fsp3) is 0.227. The molecule has 0 N–H and O–H groups in total. The Balaban J connectivity index is 1.53. The number of pyridine rings is 1. The summed E-state index contributed by atoms with van der Waals surface area (Å²) >= 11 is 0. The third-order valence-corrected chi connectivity index (χ3v) is 5.50. The number of ether oxygens (including phenoxy) is 1. The van der Waals surface area contributed by atoms with Crippen molar-refractivity contribution >= 4 is 29.6 Å². The van der Waals surface area contributed by atoms with Gasteiger partial charge >= 0.3 is 7.12 Å². The van der Waals surface area contributed by atoms with Gasteiger partial charge in [-0.15, -0.1) is 0 Å². The van der Waals surface area contributed by atoms with Gasteiger partial charge in [-0.05, 0) is 29.6 Å². The van der Waals surface area contributed by atoms with Crippen LogP contribution in [0.25, 0.3) is 17.0 Å². The molecule has 2 aromatic carbocycles. The minimum Gasteiger partial charge on any atom is -0.398 e. The standard InChI is InChI=1S/C22H20BNO3/c1-14(25-2)16-7-3-4-8-19(16)23-26-20-12-11-17-18(22(20)27-23)10-9-15-6-5-13-24-21(15)17/h3-14,20,22H,1-2H3/t14-,20-,22+/m1/s1. The number of hydrogen-bond donors (Lipinski definition) is 0. The molecule has 134 valence electrons. The fourth-order valence-corrected chi connectivity index (χ4v) is 4.02. The predicted molar refractivity (Wildman–Crippen MR) is 107 cm³/mol. The van der Waals surface area contributed by atoms with Gasteiger partial charge in [-0.25, -0.2) is 0 Å². The highest BCUT2D eigenvalue weighted by atomic mass is 16.7. The maximum atomic E-state index is 6.41. The molecule has 1 saturated heterocycles. The van der Waals surface area contributed by atoms with Gasteiger partial charge in [0.1, 0.15) is 0 Å². The zero-order chi connectivity index (χ0) is 18.4. The lowest BCUT2D eigenvalue weighted by atomic mass is 9.75. The van der Waals surface area contributed by atoms with Crippen molar-refractivity contribution in [2.45, 2.75) is 25.2 Å². The summed E-state index contributed by atoms with van der Waals surface area (Å²) in [5.41, 5.74) is 5.37. The molecule has 2 heterocycles. The minimum absolute atomic E-state index is 0.0213. The monoisotopic (exact) mass is 357 g/mol. The van der Waals surface area contributed by atoms with E-state index in [4.69, 9.17) is 14.0 Å². The van der Waals surface area contributed by atoms with E-state index < -0.39 is 7.12 Å². The summed E-state index contributed by atoms with van der Waals surface area (Å²) in [6.07, 6.45) is 5.78. The van der Waals surface area contributed by atoms with Crippen molar-refractivity contribution in [2.75, 3.05) is 7.11 Å². The molecule has 4 nitrogen and oxygen atoms in total. The second kappa shape index (κ2) is 6.61. The summed E-state index contributed by atoms with van der Waals surface area (Å²) in [6.45, 7) is 2.04. The highest BCUT2D eigenvalue weighted by Crippen LogP contribution is 2.40. The molecule has 1 aliphatic carbocycles. The molecule has 0 saturated carbocycles. The molecule has 5 rings (SSSR count). The molecule has 0 radical (unpaired) electrons. The molecule has 3 aromatic rings. The zero-order valence-electron chi connectivity index (χ0n) is 15.3. The maximum absolute atomic E-state index is 6.41. The van der Waals surface area contributed by atoms with E-state index in [0.29, 0.717) is 0 Å². The van der Waals surface area contributed by atoms with E-state index in [1.165, 1.54) is 0 Å². The van der Waals surface area contributed by atoms with Gasteiger partial charge in [0.05, 0.1) is 23.8 Å². The lowest BCUT2D eigenvalue weighted by Gasteiger charge is -2.23. The summed E-state index contributed by atoms with van der Waals surface area (Å²) in [4.78, 5) is 4.57. The molecule has 3 atom stereocenters. The second-order valence-electron chi connectivity index (χ2n) is 7.00. The van der Waals surface area contributed by atoms with Gasteiger partial charge in [-0.1, -0.05) is 54.6 Å². The molecule has 0 bridgehead atoms. The van der Waals surface area contributed by atoms with Crippen LogP contribution in [0.2, 0.25) is 0 Å². The fourth-order valence-electron chi connectivity index (χ4n) is 4.02. The van der Waals surface area contributed by atoms with E-state index in [0.717, 1.165) is 33.1 Å². The van der Waals surface area contributed by atoms with E-state index in [-0.39, 0.29) is 18.3 Å². The smallest absolute Gasteiger partial charge is 0.398 e. The zero-order valence-corrected chi connectivity index (χ0v) is 15.3. The molecule has 0 amide bonds. The average molecular weight is 357 g/mol. The summed E-state index contributed by atoms with van der Waals surface area (Å²) in [7, 11) is 1.30. The van der Waals surface area contributed by atoms with E-state index in [1.807, 2.05) is 31.3 Å². The van der Waals surface area contributed by atoms with Crippen LogP contribution >= 0.6 is 0 Å². The topological polar surface area (TPSA) is 40.6 Å². The molecule has 0 spiro atoms. The quantitative estimate of drug-likeness (QED) is 0.669. The molecular formula is C22H20BNO3. The Hall–Kier alpha value is -2.47. The van der Waals surface area contributed by atoms with Crippen molar-refractivity contribution in [2.24, 2.45) is 0 Å². The molecule has 1 aliphatic heterocycles. The predicted octanol–water partition coefficient (Wildman–Crippen LogP) is 3.82. The van der Waals surface area contributed by atoms with Gasteiger partial charge < -0.3 is 14.0 Å². The average Bonchev–Trinajstić information content (AvgIpc) is 3.17. The van der Waals surface area contributed by atoms with Crippen LogP contribution < -0.4 is 5.46 Å². The van der Waals surface area contributed by atoms with Crippen LogP contribution in [0.3, 0.4) is 0 Å². The van der Waals surface area contributed by atoms with Crippen molar-refractivity contribution in [3.63, 3.8) is 0 Å². The van der Waals surface area contributed by atoms with Crippen LogP contribution in [-0.4, -0.2) is 25.3 Å². The number of aromatic nitrogens is 1. The Morgan fingerprint density at radius 2 is 1.96 bits per heavy atom. The first-order valence-electron chi connectivity index (χ1n) is 9.24. The van der Waals surface area contributed by atoms with Crippen LogP contribution in [-0.2, 0) is 14.0 Å². The number of nitrogens with zero attached hydrogens (tertiary/aromatic N) is 1. The van der Waals surface area contributed by atoms with Crippen molar-refractivity contribution in [3.8, 4) is 0 Å². The number of fused-ring (bicyclic) bond motifs is 5. The third-order valence-electron chi connectivity index (χ3n) is 5.50. The minimum atomic E-state index is -0.413. The summed E-state index contributed by atoms with van der Waals surface area (Å²) in [6, 6.07) is 16.4. The number of rotatable bonds is 3. The molecule has 1 aromatic heterocycles. The van der Waals surface area contributed by atoms with Crippen LogP contribution in [0.4, 0.5) is 0 Å². The number of benzene rings is 2. The summed E-state index contributed by atoms with van der Waals surface area (Å²) in [5.74, 6) is 0. The lowest BCUT2D eigenvalue weighted by Crippen LogP contribution is -2.36. The van der Waals surface area contributed by atoms with Gasteiger partial charge in [0.15, 0.2) is 0 Å². The lowest BCUT2D eigenvalue weighted by molar-refractivity contribution is 0.120. The molecule has 0 unspecified atom stereocenters. The Morgan fingerprint density at radius 1 is 1.07 bits per heavy atom. The van der Waals surface area contributed by atoms with Crippen molar-refractivity contribution in [1.82, 2.24) is 4.98 Å². The Bertz CT molecular complexity index is 1030. The summed E-state index contributed by atoms with van der Waals surface area (Å²) in [5, 5.41) is 1.13. The van der Waals surface area contributed by atoms with E-state index in [9.17, 15) is 0 Å². The molecule has 27 heavy (non-hydrogen) atoms. The molecule has 1 fully saturated rings. The largest absolute Gasteiger partial charge is 0.495 e. The Labute approximate surface area is 158 Å². The third kappa shape index (κ3) is 2.70. The van der Waals surface area contributed by atoms with Crippen LogP contribution in [0, 0.1) is 0 Å². The van der Waals surface area contributed by atoms with Crippen molar-refractivity contribution in [3.05, 3.63) is 77.5 Å². The highest BCUT2D eigenvalue weighted by Gasteiger charge is 2.43. The van der Waals surface area contributed by atoms with Gasteiger partial charge in [-0.2, -0.15) is 0 Å². The molecular weight excluding hydrogens is 337 g/mol. The van der Waals surface area contributed by atoms with Gasteiger partial charge in [-0.3, -0.25) is 4.98 Å². The van der Waals surface area contributed by atoms with Crippen LogP contribution in [0.15, 0.2) is 60.8 Å².